The van der Waals surface area contributed by atoms with E-state index in [9.17, 15) is 0 Å². The van der Waals surface area contributed by atoms with Gasteiger partial charge in [0, 0.05) is 47.3 Å². The van der Waals surface area contributed by atoms with Crippen molar-refractivity contribution < 1.29 is 4.42 Å². The molecule has 1 aliphatic heterocycles. The van der Waals surface area contributed by atoms with E-state index < -0.39 is 0 Å². The van der Waals surface area contributed by atoms with E-state index in [0.29, 0.717) is 17.4 Å². The lowest BCUT2D eigenvalue weighted by Crippen LogP contribution is -2.24. The summed E-state index contributed by atoms with van der Waals surface area (Å²) in [4.78, 5) is 18.2. The van der Waals surface area contributed by atoms with Crippen molar-refractivity contribution in [2.75, 3.05) is 36.5 Å². The van der Waals surface area contributed by atoms with Gasteiger partial charge in [0.2, 0.25) is 0 Å². The number of furan rings is 1. The molecule has 0 saturated carbocycles. The number of nitrogens with one attached hydrogen (secondary N) is 1. The van der Waals surface area contributed by atoms with Gasteiger partial charge in [0.25, 0.3) is 0 Å². The van der Waals surface area contributed by atoms with E-state index in [2.05, 4.69) is 57.8 Å². The predicted octanol–water partition coefficient (Wildman–Crippen LogP) is 4.75. The molecule has 0 radical (unpaired) electrons. The van der Waals surface area contributed by atoms with Crippen LogP contribution in [0.5, 0.6) is 0 Å². The van der Waals surface area contributed by atoms with Crippen LogP contribution >= 0.6 is 23.5 Å². The van der Waals surface area contributed by atoms with Gasteiger partial charge in [-0.25, -0.2) is 15.0 Å². The van der Waals surface area contributed by atoms with E-state index >= 15 is 0 Å². The molecule has 0 bridgehead atoms. The van der Waals surface area contributed by atoms with Crippen molar-refractivity contribution in [2.45, 2.75) is 47.8 Å². The topological polar surface area (TPSA) is 98.0 Å². The summed E-state index contributed by atoms with van der Waals surface area (Å²) < 4.78 is 7.98. The number of nitrogen functional groups attached to an aromatic ring is 1. The largest absolute Gasteiger partial charge is 0.464 e. The number of aryl methyl sites for hydroxylation is 1. The van der Waals surface area contributed by atoms with Crippen LogP contribution in [0, 0.1) is 0 Å². The van der Waals surface area contributed by atoms with Crippen molar-refractivity contribution in [1.29, 1.82) is 0 Å². The number of hydrogen-bond donors (Lipinski definition) is 2. The van der Waals surface area contributed by atoms with Gasteiger partial charge >= 0.3 is 0 Å². The number of rotatable bonds is 8. The normalized spacial score (nSPS) is 13.7. The van der Waals surface area contributed by atoms with Crippen LogP contribution in [-0.2, 0) is 6.54 Å². The number of aromatic nitrogens is 4. The van der Waals surface area contributed by atoms with Gasteiger partial charge in [-0.3, -0.25) is 0 Å². The Hall–Kier alpha value is -2.69. The summed E-state index contributed by atoms with van der Waals surface area (Å²) in [5.41, 5.74) is 9.87. The third-order valence-electron chi connectivity index (χ3n) is 5.78. The van der Waals surface area contributed by atoms with E-state index in [1.165, 1.54) is 16.9 Å². The Bertz CT molecular complexity index is 1290. The van der Waals surface area contributed by atoms with E-state index in [-0.39, 0.29) is 0 Å². The first-order chi connectivity index (χ1) is 16.5. The molecule has 5 rings (SSSR count). The molecule has 10 heteroatoms. The van der Waals surface area contributed by atoms with E-state index in [0.717, 1.165) is 58.8 Å². The fourth-order valence-electron chi connectivity index (χ4n) is 4.03. The number of nitrogens with zero attached hydrogens (tertiary/aromatic N) is 5. The van der Waals surface area contributed by atoms with Crippen molar-refractivity contribution in [3.63, 3.8) is 0 Å². The maximum absolute atomic E-state index is 6.17. The summed E-state index contributed by atoms with van der Waals surface area (Å²) in [6, 6.07) is 8.88. The summed E-state index contributed by atoms with van der Waals surface area (Å²) in [6.45, 7) is 7.04. The first-order valence-corrected chi connectivity index (χ1v) is 13.2. The zero-order chi connectivity index (χ0) is 23.7. The van der Waals surface area contributed by atoms with E-state index in [1.807, 2.05) is 23.9 Å². The molecule has 8 nitrogen and oxygen atoms in total. The van der Waals surface area contributed by atoms with Crippen LogP contribution in [-0.4, -0.2) is 51.5 Å². The second-order valence-electron chi connectivity index (χ2n) is 8.60. The fourth-order valence-corrected chi connectivity index (χ4v) is 6.32. The van der Waals surface area contributed by atoms with Crippen molar-refractivity contribution in [2.24, 2.45) is 0 Å². The molecule has 1 aliphatic rings. The van der Waals surface area contributed by atoms with Gasteiger partial charge in [-0.1, -0.05) is 25.6 Å². The summed E-state index contributed by atoms with van der Waals surface area (Å²) in [5, 5.41) is 4.34. The predicted molar refractivity (Wildman–Crippen MR) is 140 cm³/mol. The van der Waals surface area contributed by atoms with E-state index in [1.54, 1.807) is 18.0 Å². The molecule has 0 aliphatic carbocycles. The number of imidazole rings is 1. The van der Waals surface area contributed by atoms with E-state index in [4.69, 9.17) is 15.1 Å². The molecule has 3 N–H and O–H groups in total. The highest BCUT2D eigenvalue weighted by atomic mass is 32.2. The quantitative estimate of drug-likeness (QED) is 0.336. The van der Waals surface area contributed by atoms with Crippen molar-refractivity contribution >= 4 is 46.2 Å². The summed E-state index contributed by atoms with van der Waals surface area (Å²) in [7, 11) is 2.14. The minimum atomic E-state index is 0.403. The maximum Gasteiger partial charge on any atom is 0.175 e. The Morgan fingerprint density at radius 1 is 1.29 bits per heavy atom. The number of hydrogen-bond acceptors (Lipinski definition) is 9. The molecule has 34 heavy (non-hydrogen) atoms. The van der Waals surface area contributed by atoms with Gasteiger partial charge in [-0.15, -0.1) is 11.8 Å². The van der Waals surface area contributed by atoms with Gasteiger partial charge in [0.05, 0.1) is 12.0 Å². The lowest BCUT2D eigenvalue weighted by Gasteiger charge is -2.28. The van der Waals surface area contributed by atoms with Crippen LogP contribution < -0.4 is 16.0 Å². The SMILES string of the molecule is CC(C)NCCCn1c(Sc2cc3c(cc2-c2ccco2)N(C)CCS3)nc2c(N)ncnc21. The van der Waals surface area contributed by atoms with Crippen LogP contribution in [0.3, 0.4) is 0 Å². The van der Waals surface area contributed by atoms with Crippen molar-refractivity contribution in [3.8, 4) is 11.3 Å². The number of benzene rings is 1. The highest BCUT2D eigenvalue weighted by Gasteiger charge is 2.22. The molecule has 0 atom stereocenters. The lowest BCUT2D eigenvalue weighted by molar-refractivity contribution is 0.525. The van der Waals surface area contributed by atoms with Crippen LogP contribution in [0.15, 0.2) is 56.2 Å². The summed E-state index contributed by atoms with van der Waals surface area (Å²) in [5.74, 6) is 2.32. The van der Waals surface area contributed by atoms with Crippen molar-refractivity contribution in [1.82, 2.24) is 24.8 Å². The molecular formula is C24H29N7OS2. The monoisotopic (exact) mass is 495 g/mol. The number of thioether (sulfide) groups is 1. The van der Waals surface area contributed by atoms with Crippen molar-refractivity contribution in [3.05, 3.63) is 36.9 Å². The zero-order valence-electron chi connectivity index (χ0n) is 19.6. The minimum Gasteiger partial charge on any atom is -0.464 e. The molecular weight excluding hydrogens is 466 g/mol. The molecule has 3 aromatic heterocycles. The van der Waals surface area contributed by atoms with Crippen LogP contribution in [0.4, 0.5) is 11.5 Å². The average Bonchev–Trinajstić information content (AvgIpc) is 3.46. The van der Waals surface area contributed by atoms with Crippen LogP contribution in [0.1, 0.15) is 20.3 Å². The smallest absolute Gasteiger partial charge is 0.175 e. The molecule has 0 saturated heterocycles. The summed E-state index contributed by atoms with van der Waals surface area (Å²) >= 11 is 3.52. The Kier molecular flexibility index (Phi) is 6.71. The lowest BCUT2D eigenvalue weighted by atomic mass is 10.1. The first-order valence-electron chi connectivity index (χ1n) is 11.4. The first kappa shape index (κ1) is 23.1. The Morgan fingerprint density at radius 2 is 2.18 bits per heavy atom. The molecule has 0 unspecified atom stereocenters. The summed E-state index contributed by atoms with van der Waals surface area (Å²) in [6.07, 6.45) is 4.18. The fraction of sp³-hybridized carbons (Fsp3) is 0.375. The maximum atomic E-state index is 6.17. The van der Waals surface area contributed by atoms with Gasteiger partial charge in [0.1, 0.15) is 12.1 Å². The highest BCUT2D eigenvalue weighted by Crippen LogP contribution is 2.44. The number of nitrogens with two attached hydrogens (primary N) is 1. The number of anilines is 2. The van der Waals surface area contributed by atoms with Gasteiger partial charge < -0.3 is 24.9 Å². The average molecular weight is 496 g/mol. The van der Waals surface area contributed by atoms with Gasteiger partial charge in [-0.2, -0.15) is 0 Å². The molecule has 178 valence electrons. The second kappa shape index (κ2) is 9.89. The third-order valence-corrected chi connectivity index (χ3v) is 7.86. The Labute approximate surface area is 207 Å². The number of fused-ring (bicyclic) bond motifs is 2. The Balaban J connectivity index is 1.56. The molecule has 0 spiro atoms. The van der Waals surface area contributed by atoms with Gasteiger partial charge in [0.15, 0.2) is 22.1 Å². The van der Waals surface area contributed by atoms with Crippen LogP contribution in [0.25, 0.3) is 22.5 Å². The molecule has 4 heterocycles. The molecule has 1 aromatic carbocycles. The third kappa shape index (κ3) is 4.62. The van der Waals surface area contributed by atoms with Crippen LogP contribution in [0.2, 0.25) is 0 Å². The minimum absolute atomic E-state index is 0.403. The molecule has 0 amide bonds. The highest BCUT2D eigenvalue weighted by molar-refractivity contribution is 8.00. The van der Waals surface area contributed by atoms with Gasteiger partial charge in [-0.05, 0) is 37.2 Å². The Morgan fingerprint density at radius 3 is 2.97 bits per heavy atom. The standard InChI is InChI=1S/C24H29N7OS2/c1-15(2)26-7-5-8-31-23-21(22(25)27-14-28-23)29-24(31)34-19-13-20-17(30(3)9-11-33-20)12-16(19)18-6-4-10-32-18/h4,6,10,12-15,26H,5,7-9,11H2,1-3H3,(H2,25,27,28). The molecule has 4 aromatic rings. The zero-order valence-corrected chi connectivity index (χ0v) is 21.2. The second-order valence-corrected chi connectivity index (χ2v) is 10.8. The molecule has 0 fully saturated rings.